The number of nitrogens with zero attached hydrogens (tertiary/aromatic N) is 1. The van der Waals surface area contributed by atoms with E-state index in [1.54, 1.807) is 11.8 Å². The first-order chi connectivity index (χ1) is 19.5. The minimum Gasteiger partial charge on any atom is -0.464 e. The van der Waals surface area contributed by atoms with Crippen LogP contribution < -0.4 is 16.2 Å². The minimum absolute atomic E-state index is 0.0441. The van der Waals surface area contributed by atoms with Gasteiger partial charge in [0.15, 0.2) is 0 Å². The molecule has 0 spiro atoms. The topological polar surface area (TPSA) is 138 Å². The Labute approximate surface area is 242 Å². The molecular weight excluding hydrogens is 524 g/mol. The van der Waals surface area contributed by atoms with Crippen molar-refractivity contribution in [2.75, 3.05) is 19.7 Å². The average Bonchev–Trinajstić information content (AvgIpc) is 3.54. The molecule has 2 amide bonds. The highest BCUT2D eigenvalue weighted by Crippen LogP contribution is 2.43. The van der Waals surface area contributed by atoms with Gasteiger partial charge in [0.1, 0.15) is 23.6 Å². The summed E-state index contributed by atoms with van der Waals surface area (Å²) in [5, 5.41) is 6.34. The van der Waals surface area contributed by atoms with Crippen LogP contribution in [0.15, 0.2) is 23.0 Å². The predicted molar refractivity (Wildman–Crippen MR) is 154 cm³/mol. The molecule has 1 aliphatic heterocycles. The van der Waals surface area contributed by atoms with E-state index in [4.69, 9.17) is 4.74 Å². The van der Waals surface area contributed by atoms with Gasteiger partial charge in [-0.3, -0.25) is 14.4 Å². The van der Waals surface area contributed by atoms with Gasteiger partial charge in [0, 0.05) is 19.2 Å². The summed E-state index contributed by atoms with van der Waals surface area (Å²) in [6.45, 7) is 8.45. The zero-order chi connectivity index (χ0) is 29.8. The molecule has 1 aromatic rings. The summed E-state index contributed by atoms with van der Waals surface area (Å²) < 4.78 is 5.41. The summed E-state index contributed by atoms with van der Waals surface area (Å²) in [5.74, 6) is -0.839. The second-order valence-corrected chi connectivity index (χ2v) is 13.1. The van der Waals surface area contributed by atoms with E-state index in [0.29, 0.717) is 6.54 Å². The van der Waals surface area contributed by atoms with Crippen LogP contribution in [0.4, 0.5) is 0 Å². The molecular formula is C31H46N4O6. The van der Waals surface area contributed by atoms with Gasteiger partial charge in [0.2, 0.25) is 11.5 Å². The summed E-state index contributed by atoms with van der Waals surface area (Å²) in [5.41, 5.74) is -2.17. The maximum Gasteiger partial charge on any atom is 0.329 e. The molecule has 0 aromatic carbocycles. The second kappa shape index (κ2) is 12.9. The maximum atomic E-state index is 14.2. The number of fused-ring (bicyclic) bond motifs is 1. The zero-order valence-corrected chi connectivity index (χ0v) is 24.9. The number of amides is 2. The molecule has 1 unspecified atom stereocenters. The van der Waals surface area contributed by atoms with Crippen LogP contribution in [0.2, 0.25) is 0 Å². The molecule has 226 valence electrons. The number of hydrogen-bond acceptors (Lipinski definition) is 7. The molecule has 10 heteroatoms. The van der Waals surface area contributed by atoms with Crippen LogP contribution in [-0.2, 0) is 19.1 Å². The van der Waals surface area contributed by atoms with E-state index < -0.39 is 34.5 Å². The summed E-state index contributed by atoms with van der Waals surface area (Å²) >= 11 is 0. The number of likely N-dealkylation sites (tertiary alicyclic amines) is 1. The molecule has 3 fully saturated rings. The third kappa shape index (κ3) is 6.74. The van der Waals surface area contributed by atoms with E-state index in [1.165, 1.54) is 18.2 Å². The molecule has 2 aliphatic carbocycles. The predicted octanol–water partition coefficient (Wildman–Crippen LogP) is 2.82. The van der Waals surface area contributed by atoms with Gasteiger partial charge in [-0.25, -0.2) is 4.79 Å². The van der Waals surface area contributed by atoms with Crippen molar-refractivity contribution in [1.29, 1.82) is 0 Å². The van der Waals surface area contributed by atoms with E-state index >= 15 is 0 Å². The number of carbonyl (C=O) groups is 4. The molecule has 10 nitrogen and oxygen atoms in total. The highest BCUT2D eigenvalue weighted by molar-refractivity contribution is 5.95. The van der Waals surface area contributed by atoms with Crippen LogP contribution in [0, 0.1) is 23.2 Å². The molecule has 2 saturated carbocycles. The first-order valence-corrected chi connectivity index (χ1v) is 15.2. The number of esters is 1. The van der Waals surface area contributed by atoms with Crippen LogP contribution >= 0.6 is 0 Å². The lowest BCUT2D eigenvalue weighted by molar-refractivity contribution is -0.156. The van der Waals surface area contributed by atoms with Crippen LogP contribution in [0.25, 0.3) is 0 Å². The number of pyridine rings is 1. The lowest BCUT2D eigenvalue weighted by Crippen LogP contribution is -2.65. The summed E-state index contributed by atoms with van der Waals surface area (Å²) in [6.07, 6.45) is 8.20. The number of carbonyl (C=O) groups excluding carboxylic acids is 4. The van der Waals surface area contributed by atoms with Gasteiger partial charge in [-0.05, 0) is 61.8 Å². The monoisotopic (exact) mass is 570 g/mol. The fourth-order valence-electron chi connectivity index (χ4n) is 7.20. The first-order valence-electron chi connectivity index (χ1n) is 15.2. The Hall–Kier alpha value is -3.01. The molecule has 3 N–H and O–H groups in total. The van der Waals surface area contributed by atoms with Crippen molar-refractivity contribution in [2.24, 2.45) is 23.2 Å². The minimum atomic E-state index is -1.28. The number of aldehydes is 1. The highest BCUT2D eigenvalue weighted by atomic mass is 16.5. The molecule has 1 saturated heterocycles. The number of aromatic amines is 1. The third-order valence-electron chi connectivity index (χ3n) is 9.32. The Morgan fingerprint density at radius 3 is 2.46 bits per heavy atom. The Morgan fingerprint density at radius 2 is 1.83 bits per heavy atom. The molecule has 3 aliphatic rings. The van der Waals surface area contributed by atoms with Crippen LogP contribution in [0.3, 0.4) is 0 Å². The largest absolute Gasteiger partial charge is 0.464 e. The van der Waals surface area contributed by atoms with E-state index in [2.05, 4.69) is 15.6 Å². The smallest absolute Gasteiger partial charge is 0.329 e. The normalized spacial score (nSPS) is 25.2. The van der Waals surface area contributed by atoms with Crippen molar-refractivity contribution >= 4 is 24.1 Å². The van der Waals surface area contributed by atoms with E-state index in [0.717, 1.165) is 57.7 Å². The SMILES string of the molecule is CCOC(=O)[C@@H]1[C@H]2CCC[C@H]2CN1C(=O)C(NC[C@](C=O)(NC(=O)c1cccc(=O)[nH]1)C1CCCCC1)C(C)(C)C. The Morgan fingerprint density at radius 1 is 1.10 bits per heavy atom. The van der Waals surface area contributed by atoms with Crippen molar-refractivity contribution in [3.05, 3.63) is 34.2 Å². The number of H-pyrrole nitrogens is 1. The van der Waals surface area contributed by atoms with Crippen molar-refractivity contribution in [1.82, 2.24) is 20.5 Å². The van der Waals surface area contributed by atoms with Gasteiger partial charge in [-0.15, -0.1) is 0 Å². The number of ether oxygens (including phenoxy) is 1. The molecule has 1 aromatic heterocycles. The highest BCUT2D eigenvalue weighted by Gasteiger charge is 2.52. The third-order valence-corrected chi connectivity index (χ3v) is 9.32. The van der Waals surface area contributed by atoms with Crippen molar-refractivity contribution in [3.63, 3.8) is 0 Å². The van der Waals surface area contributed by atoms with Crippen molar-refractivity contribution < 1.29 is 23.9 Å². The quantitative estimate of drug-likeness (QED) is 0.291. The van der Waals surface area contributed by atoms with Gasteiger partial charge >= 0.3 is 5.97 Å². The number of hydrogen-bond donors (Lipinski definition) is 3. The standard InChI is InChI=1S/C31H46N4O6/c1-5-41-29(40)25-22-14-9-11-20(22)17-35(25)28(39)26(30(2,3)4)32-18-31(19-36,21-12-7-6-8-13-21)34-27(38)23-15-10-16-24(37)33-23/h10,15-16,19-22,25-26,32H,5-9,11-14,17-18H2,1-4H3,(H,33,37)(H,34,38)/t20-,22-,25-,26?,31+/m0/s1. The van der Waals surface area contributed by atoms with Crippen molar-refractivity contribution in [2.45, 2.75) is 96.7 Å². The zero-order valence-electron chi connectivity index (χ0n) is 24.9. The fraction of sp³-hybridized carbons (Fsp3) is 0.710. The lowest BCUT2D eigenvalue weighted by Gasteiger charge is -2.42. The van der Waals surface area contributed by atoms with Crippen LogP contribution in [0.5, 0.6) is 0 Å². The lowest BCUT2D eigenvalue weighted by atomic mass is 9.74. The number of nitrogens with one attached hydrogen (secondary N) is 3. The van der Waals surface area contributed by atoms with E-state index in [1.807, 2.05) is 20.8 Å². The van der Waals surface area contributed by atoms with E-state index in [-0.39, 0.29) is 48.5 Å². The second-order valence-electron chi connectivity index (χ2n) is 13.1. The molecule has 4 rings (SSSR count). The molecule has 5 atom stereocenters. The van der Waals surface area contributed by atoms with Crippen LogP contribution in [-0.4, -0.2) is 71.3 Å². The maximum absolute atomic E-state index is 14.2. The van der Waals surface area contributed by atoms with E-state index in [9.17, 15) is 24.0 Å². The van der Waals surface area contributed by atoms with Gasteiger partial charge in [0.25, 0.3) is 5.91 Å². The molecule has 0 bridgehead atoms. The van der Waals surface area contributed by atoms with Gasteiger partial charge in [-0.2, -0.15) is 0 Å². The Balaban J connectivity index is 1.61. The summed E-state index contributed by atoms with van der Waals surface area (Å²) in [7, 11) is 0. The molecule has 41 heavy (non-hydrogen) atoms. The van der Waals surface area contributed by atoms with Gasteiger partial charge in [-0.1, -0.05) is 52.5 Å². The molecule has 2 heterocycles. The number of aromatic nitrogens is 1. The summed E-state index contributed by atoms with van der Waals surface area (Å²) in [4.78, 5) is 69.6. The Kier molecular flexibility index (Phi) is 9.72. The average molecular weight is 571 g/mol. The van der Waals surface area contributed by atoms with Gasteiger partial charge < -0.3 is 30.0 Å². The van der Waals surface area contributed by atoms with Crippen molar-refractivity contribution in [3.8, 4) is 0 Å². The van der Waals surface area contributed by atoms with Gasteiger partial charge in [0.05, 0.1) is 12.6 Å². The Bertz CT molecular complexity index is 1170. The molecule has 0 radical (unpaired) electrons. The first kappa shape index (κ1) is 30.9. The number of rotatable bonds is 10. The summed E-state index contributed by atoms with van der Waals surface area (Å²) in [6, 6.07) is 3.00. The fourth-order valence-corrected chi connectivity index (χ4v) is 7.20. The van der Waals surface area contributed by atoms with Crippen LogP contribution in [0.1, 0.15) is 89.5 Å².